The molecule has 1 atom stereocenters. The van der Waals surface area contributed by atoms with Gasteiger partial charge < -0.3 is 5.32 Å². The third-order valence-corrected chi connectivity index (χ3v) is 3.49. The molecule has 0 saturated heterocycles. The van der Waals surface area contributed by atoms with Gasteiger partial charge in [0, 0.05) is 16.7 Å². The Labute approximate surface area is 97.0 Å². The van der Waals surface area contributed by atoms with E-state index in [0.29, 0.717) is 6.04 Å². The van der Waals surface area contributed by atoms with Gasteiger partial charge in [-0.05, 0) is 33.0 Å². The Bertz CT molecular complexity index is 316. The summed E-state index contributed by atoms with van der Waals surface area (Å²) in [6.45, 7) is 8.15. The topological polar surface area (TPSA) is 12.0 Å². The number of benzene rings is 1. The van der Waals surface area contributed by atoms with Crippen LogP contribution < -0.4 is 5.32 Å². The van der Waals surface area contributed by atoms with Crippen molar-refractivity contribution in [3.05, 3.63) is 42.0 Å². The normalized spacial score (nSPS) is 12.5. The number of nitrogens with one attached hydrogen (secondary N) is 1. The maximum Gasteiger partial charge on any atom is 0.0366 e. The fourth-order valence-electron chi connectivity index (χ4n) is 1.29. The van der Waals surface area contributed by atoms with E-state index in [0.717, 1.165) is 5.75 Å². The molecule has 0 heterocycles. The summed E-state index contributed by atoms with van der Waals surface area (Å²) < 4.78 is 0. The van der Waals surface area contributed by atoms with E-state index < -0.39 is 0 Å². The molecular formula is C13H19NS. The first-order valence-corrected chi connectivity index (χ1v) is 6.14. The highest BCUT2D eigenvalue weighted by Gasteiger charge is 2.06. The number of likely N-dealkylation sites (N-methyl/N-ethyl adjacent to an activating group) is 1. The lowest BCUT2D eigenvalue weighted by atomic mass is 10.2. The lowest BCUT2D eigenvalue weighted by Gasteiger charge is -2.15. The summed E-state index contributed by atoms with van der Waals surface area (Å²) in [6.07, 6.45) is 0. The van der Waals surface area contributed by atoms with Crippen molar-refractivity contribution in [3.63, 3.8) is 0 Å². The van der Waals surface area contributed by atoms with Crippen LogP contribution in [0, 0.1) is 6.92 Å². The smallest absolute Gasteiger partial charge is 0.0366 e. The number of hydrogen-bond donors (Lipinski definition) is 1. The van der Waals surface area contributed by atoms with E-state index >= 15 is 0 Å². The molecule has 1 aromatic carbocycles. The second-order valence-electron chi connectivity index (χ2n) is 3.81. The van der Waals surface area contributed by atoms with E-state index in [9.17, 15) is 0 Å². The van der Waals surface area contributed by atoms with Gasteiger partial charge in [-0.25, -0.2) is 0 Å². The van der Waals surface area contributed by atoms with E-state index in [1.165, 1.54) is 16.0 Å². The molecule has 1 nitrogen and oxygen atoms in total. The highest BCUT2D eigenvalue weighted by atomic mass is 32.2. The number of rotatable bonds is 5. The zero-order valence-corrected chi connectivity index (χ0v) is 10.5. The van der Waals surface area contributed by atoms with Crippen molar-refractivity contribution in [1.29, 1.82) is 0 Å². The van der Waals surface area contributed by atoms with E-state index in [1.54, 1.807) is 0 Å². The zero-order valence-electron chi connectivity index (χ0n) is 9.71. The average Bonchev–Trinajstić information content (AvgIpc) is 2.21. The van der Waals surface area contributed by atoms with Gasteiger partial charge in [-0.15, -0.1) is 11.8 Å². The molecule has 1 aromatic rings. The van der Waals surface area contributed by atoms with E-state index in [4.69, 9.17) is 0 Å². The summed E-state index contributed by atoms with van der Waals surface area (Å²) in [7, 11) is 1.98. The fourth-order valence-corrected chi connectivity index (χ4v) is 2.42. The molecule has 0 radical (unpaired) electrons. The van der Waals surface area contributed by atoms with Crippen LogP contribution in [0.25, 0.3) is 0 Å². The van der Waals surface area contributed by atoms with Gasteiger partial charge in [0.15, 0.2) is 0 Å². The van der Waals surface area contributed by atoms with Crippen molar-refractivity contribution in [2.75, 3.05) is 12.8 Å². The highest BCUT2D eigenvalue weighted by molar-refractivity contribution is 7.99. The Morgan fingerprint density at radius 2 is 2.00 bits per heavy atom. The molecule has 0 aliphatic rings. The Morgan fingerprint density at radius 3 is 2.47 bits per heavy atom. The van der Waals surface area contributed by atoms with Crippen LogP contribution in [0.2, 0.25) is 0 Å². The average molecular weight is 221 g/mol. The largest absolute Gasteiger partial charge is 0.313 e. The molecule has 1 rings (SSSR count). The maximum absolute atomic E-state index is 3.98. The number of thioether (sulfide) groups is 1. The van der Waals surface area contributed by atoms with Gasteiger partial charge in [-0.3, -0.25) is 0 Å². The minimum Gasteiger partial charge on any atom is -0.313 e. The van der Waals surface area contributed by atoms with Gasteiger partial charge in [0.2, 0.25) is 0 Å². The summed E-state index contributed by atoms with van der Waals surface area (Å²) in [5.74, 6) is 1.04. The van der Waals surface area contributed by atoms with Crippen LogP contribution >= 0.6 is 11.8 Å². The van der Waals surface area contributed by atoms with E-state index in [1.807, 2.05) is 18.8 Å². The van der Waals surface area contributed by atoms with Crippen molar-refractivity contribution < 1.29 is 0 Å². The van der Waals surface area contributed by atoms with Crippen LogP contribution in [0.1, 0.15) is 12.5 Å². The molecule has 0 amide bonds. The second kappa shape index (κ2) is 5.99. The summed E-state index contributed by atoms with van der Waals surface area (Å²) in [5.41, 5.74) is 2.50. The van der Waals surface area contributed by atoms with Crippen molar-refractivity contribution in [2.45, 2.75) is 24.8 Å². The summed E-state index contributed by atoms with van der Waals surface area (Å²) in [6, 6.07) is 9.04. The minimum atomic E-state index is 0.399. The molecule has 0 aliphatic carbocycles. The van der Waals surface area contributed by atoms with E-state index in [2.05, 4.69) is 50.0 Å². The minimum absolute atomic E-state index is 0.399. The SMILES string of the molecule is C=C(C)C(CSc1ccc(C)cc1)NC. The first kappa shape index (κ1) is 12.3. The molecule has 0 aromatic heterocycles. The quantitative estimate of drug-likeness (QED) is 0.605. The van der Waals surface area contributed by atoms with Crippen LogP contribution in [0.15, 0.2) is 41.3 Å². The number of hydrogen-bond acceptors (Lipinski definition) is 2. The Morgan fingerprint density at radius 1 is 1.40 bits per heavy atom. The van der Waals surface area contributed by atoms with Crippen molar-refractivity contribution in [2.24, 2.45) is 0 Å². The predicted molar refractivity (Wildman–Crippen MR) is 69.6 cm³/mol. The first-order chi connectivity index (χ1) is 7.13. The van der Waals surface area contributed by atoms with Crippen LogP contribution in [-0.4, -0.2) is 18.8 Å². The highest BCUT2D eigenvalue weighted by Crippen LogP contribution is 2.20. The van der Waals surface area contributed by atoms with Crippen molar-refractivity contribution in [3.8, 4) is 0 Å². The number of aryl methyl sites for hydroxylation is 1. The van der Waals surface area contributed by atoms with Gasteiger partial charge >= 0.3 is 0 Å². The van der Waals surface area contributed by atoms with E-state index in [-0.39, 0.29) is 0 Å². The van der Waals surface area contributed by atoms with Crippen molar-refractivity contribution >= 4 is 11.8 Å². The molecule has 0 aliphatic heterocycles. The molecule has 0 bridgehead atoms. The molecule has 1 N–H and O–H groups in total. The van der Waals surface area contributed by atoms with Gasteiger partial charge in [0.05, 0.1) is 0 Å². The first-order valence-electron chi connectivity index (χ1n) is 5.15. The third kappa shape index (κ3) is 4.10. The van der Waals surface area contributed by atoms with Gasteiger partial charge in [-0.2, -0.15) is 0 Å². The molecule has 15 heavy (non-hydrogen) atoms. The molecule has 2 heteroatoms. The molecular weight excluding hydrogens is 202 g/mol. The van der Waals surface area contributed by atoms with Crippen LogP contribution in [0.3, 0.4) is 0 Å². The molecule has 0 spiro atoms. The van der Waals surface area contributed by atoms with Crippen molar-refractivity contribution in [1.82, 2.24) is 5.32 Å². The van der Waals surface area contributed by atoms with Crippen LogP contribution in [0.4, 0.5) is 0 Å². The summed E-state index contributed by atoms with van der Waals surface area (Å²) >= 11 is 1.87. The molecule has 82 valence electrons. The Kier molecular flexibility index (Phi) is 4.92. The standard InChI is InChI=1S/C13H19NS/c1-10(2)13(14-4)9-15-12-7-5-11(3)6-8-12/h5-8,13-14H,1,9H2,2-4H3. The predicted octanol–water partition coefficient (Wildman–Crippen LogP) is 3.25. The summed E-state index contributed by atoms with van der Waals surface area (Å²) in [5, 5.41) is 3.26. The zero-order chi connectivity index (χ0) is 11.3. The monoisotopic (exact) mass is 221 g/mol. The molecule has 0 fully saturated rings. The summed E-state index contributed by atoms with van der Waals surface area (Å²) in [4.78, 5) is 1.32. The van der Waals surface area contributed by atoms with Crippen LogP contribution in [-0.2, 0) is 0 Å². The van der Waals surface area contributed by atoms with Gasteiger partial charge in [-0.1, -0.05) is 29.8 Å². The maximum atomic E-state index is 3.98. The lowest BCUT2D eigenvalue weighted by molar-refractivity contribution is 0.703. The van der Waals surface area contributed by atoms with Gasteiger partial charge in [0.25, 0.3) is 0 Å². The Hall–Kier alpha value is -0.730. The molecule has 0 saturated carbocycles. The Balaban J connectivity index is 2.49. The fraction of sp³-hybridized carbons (Fsp3) is 0.385. The van der Waals surface area contributed by atoms with Gasteiger partial charge in [0.1, 0.15) is 0 Å². The molecule has 1 unspecified atom stereocenters. The second-order valence-corrected chi connectivity index (χ2v) is 4.91. The lowest BCUT2D eigenvalue weighted by Crippen LogP contribution is -2.28. The third-order valence-electron chi connectivity index (χ3n) is 2.38. The van der Waals surface area contributed by atoms with Crippen LogP contribution in [0.5, 0.6) is 0 Å².